The van der Waals surface area contributed by atoms with Gasteiger partial charge >= 0.3 is 0 Å². The van der Waals surface area contributed by atoms with Crippen molar-refractivity contribution in [1.29, 1.82) is 0 Å². The van der Waals surface area contributed by atoms with E-state index in [0.29, 0.717) is 0 Å². The molecule has 0 heterocycles. The van der Waals surface area contributed by atoms with E-state index in [9.17, 15) is 0 Å². The molecule has 15 heavy (non-hydrogen) atoms. The van der Waals surface area contributed by atoms with Crippen molar-refractivity contribution in [3.8, 4) is 0 Å². The molecule has 0 fully saturated rings. The first kappa shape index (κ1) is 12.5. The smallest absolute Gasteiger partial charge is 0.136 e. The van der Waals surface area contributed by atoms with Gasteiger partial charge in [0, 0.05) is 0 Å². The largest absolute Gasteiger partial charge is 0.445 e. The summed E-state index contributed by atoms with van der Waals surface area (Å²) in [6.07, 6.45) is 0. The zero-order valence-electron chi connectivity index (χ0n) is 10.8. The molecule has 0 N–H and O–H groups in total. The maximum Gasteiger partial charge on any atom is 0.136 e. The van der Waals surface area contributed by atoms with Crippen LogP contribution in [0.1, 0.15) is 0 Å². The summed E-state index contributed by atoms with van der Waals surface area (Å²) in [5.74, 6) is 0. The van der Waals surface area contributed by atoms with E-state index in [1.54, 1.807) is 0 Å². The molecule has 0 saturated carbocycles. The second-order valence-corrected chi connectivity index (χ2v) is 15.9. The minimum atomic E-state index is -1.30. The van der Waals surface area contributed by atoms with Gasteiger partial charge in [-0.25, -0.2) is 0 Å². The van der Waals surface area contributed by atoms with Gasteiger partial charge in [0.25, 0.3) is 0 Å². The lowest BCUT2D eigenvalue weighted by Crippen LogP contribution is -2.59. The standard InChI is InChI=1S/C12H22NSi2/c1-14(2,3)13(15(4,5)6)12-10-8-7-9-11-12/h7-10H,1-6H3/q-1. The monoisotopic (exact) mass is 236 g/mol. The Labute approximate surface area is 96.3 Å². The predicted octanol–water partition coefficient (Wildman–Crippen LogP) is 3.96. The van der Waals surface area contributed by atoms with Gasteiger partial charge in [-0.1, -0.05) is 45.0 Å². The SMILES string of the molecule is C[Si](C)(C)N(c1[c-]cccc1)[Si](C)(C)C. The molecule has 0 aliphatic rings. The lowest BCUT2D eigenvalue weighted by Gasteiger charge is -2.48. The van der Waals surface area contributed by atoms with E-state index in [-0.39, 0.29) is 0 Å². The fourth-order valence-corrected chi connectivity index (χ4v) is 12.0. The average Bonchev–Trinajstić information content (AvgIpc) is 2.00. The summed E-state index contributed by atoms with van der Waals surface area (Å²) in [5.41, 5.74) is 1.29. The van der Waals surface area contributed by atoms with E-state index >= 15 is 0 Å². The van der Waals surface area contributed by atoms with E-state index in [2.05, 4.69) is 61.7 Å². The molecule has 0 atom stereocenters. The Hall–Kier alpha value is -0.546. The van der Waals surface area contributed by atoms with Crippen LogP contribution in [0.4, 0.5) is 5.69 Å². The van der Waals surface area contributed by atoms with Crippen LogP contribution in [0.5, 0.6) is 0 Å². The van der Waals surface area contributed by atoms with Gasteiger partial charge in [0.2, 0.25) is 0 Å². The molecule has 0 unspecified atom stereocenters. The Morgan fingerprint density at radius 3 is 1.80 bits per heavy atom. The first-order chi connectivity index (χ1) is 6.73. The van der Waals surface area contributed by atoms with Crippen LogP contribution in [0.25, 0.3) is 0 Å². The minimum Gasteiger partial charge on any atom is -0.445 e. The van der Waals surface area contributed by atoms with Gasteiger partial charge in [0.15, 0.2) is 0 Å². The Kier molecular flexibility index (Phi) is 3.46. The summed E-state index contributed by atoms with van der Waals surface area (Å²) in [6, 6.07) is 11.7. The van der Waals surface area contributed by atoms with Crippen molar-refractivity contribution in [2.75, 3.05) is 4.23 Å². The van der Waals surface area contributed by atoms with Crippen molar-refractivity contribution in [2.24, 2.45) is 0 Å². The van der Waals surface area contributed by atoms with Crippen molar-refractivity contribution in [3.63, 3.8) is 0 Å². The highest BCUT2D eigenvalue weighted by atomic mass is 28.4. The summed E-state index contributed by atoms with van der Waals surface area (Å²) >= 11 is 0. The van der Waals surface area contributed by atoms with E-state index in [0.717, 1.165) is 0 Å². The quantitative estimate of drug-likeness (QED) is 0.567. The second-order valence-electron chi connectivity index (χ2n) is 5.92. The van der Waals surface area contributed by atoms with Crippen LogP contribution >= 0.6 is 0 Å². The fraction of sp³-hybridized carbons (Fsp3) is 0.500. The van der Waals surface area contributed by atoms with Crippen LogP contribution in [0, 0.1) is 6.07 Å². The second kappa shape index (κ2) is 4.14. The molecule has 0 aliphatic carbocycles. The predicted molar refractivity (Wildman–Crippen MR) is 74.4 cm³/mol. The third-order valence-corrected chi connectivity index (χ3v) is 9.47. The first-order valence-electron chi connectivity index (χ1n) is 5.50. The normalized spacial score (nSPS) is 12.7. The summed E-state index contributed by atoms with van der Waals surface area (Å²) in [4.78, 5) is 0. The summed E-state index contributed by atoms with van der Waals surface area (Å²) < 4.78 is 2.68. The molecular formula is C12H22NSi2-. The average molecular weight is 236 g/mol. The Morgan fingerprint density at radius 2 is 1.47 bits per heavy atom. The molecule has 0 aliphatic heterocycles. The summed E-state index contributed by atoms with van der Waals surface area (Å²) in [5, 5.41) is 0. The van der Waals surface area contributed by atoms with Gasteiger partial charge in [-0.2, -0.15) is 24.3 Å². The Balaban J connectivity index is 3.15. The highest BCUT2D eigenvalue weighted by molar-refractivity contribution is 6.99. The molecule has 0 aromatic heterocycles. The van der Waals surface area contributed by atoms with E-state index in [1.165, 1.54) is 5.69 Å². The van der Waals surface area contributed by atoms with Gasteiger partial charge in [-0.05, 0) is 0 Å². The van der Waals surface area contributed by atoms with Crippen molar-refractivity contribution in [2.45, 2.75) is 39.3 Å². The van der Waals surface area contributed by atoms with Crippen LogP contribution < -0.4 is 4.23 Å². The minimum absolute atomic E-state index is 1.29. The molecule has 84 valence electrons. The topological polar surface area (TPSA) is 3.24 Å². The molecule has 0 saturated heterocycles. The van der Waals surface area contributed by atoms with E-state index < -0.39 is 16.5 Å². The van der Waals surface area contributed by atoms with Gasteiger partial charge < -0.3 is 4.23 Å². The molecule has 0 amide bonds. The van der Waals surface area contributed by atoms with Crippen molar-refractivity contribution >= 4 is 22.2 Å². The number of rotatable bonds is 3. The third-order valence-electron chi connectivity index (χ3n) is 2.28. The molecular weight excluding hydrogens is 214 g/mol. The van der Waals surface area contributed by atoms with Crippen LogP contribution in [0.3, 0.4) is 0 Å². The maximum atomic E-state index is 3.38. The highest BCUT2D eigenvalue weighted by Gasteiger charge is 2.32. The van der Waals surface area contributed by atoms with E-state index in [1.807, 2.05) is 12.1 Å². The molecule has 0 bridgehead atoms. The number of nitrogens with zero attached hydrogens (tertiary/aromatic N) is 1. The van der Waals surface area contributed by atoms with Gasteiger partial charge in [0.05, 0.1) is 0 Å². The zero-order valence-corrected chi connectivity index (χ0v) is 12.8. The van der Waals surface area contributed by atoms with Crippen LogP contribution in [0.2, 0.25) is 39.3 Å². The number of benzene rings is 1. The maximum absolute atomic E-state index is 3.38. The third kappa shape index (κ3) is 3.21. The fourth-order valence-electron chi connectivity index (χ4n) is 2.25. The molecule has 1 nitrogen and oxygen atoms in total. The lowest BCUT2D eigenvalue weighted by atomic mass is 10.3. The highest BCUT2D eigenvalue weighted by Crippen LogP contribution is 2.27. The van der Waals surface area contributed by atoms with Crippen LogP contribution in [-0.4, -0.2) is 16.5 Å². The molecule has 1 aromatic rings. The molecule has 0 radical (unpaired) electrons. The molecule has 1 aromatic carbocycles. The zero-order chi connectivity index (χ0) is 11.7. The summed E-state index contributed by atoms with van der Waals surface area (Å²) in [7, 11) is -2.60. The molecule has 0 spiro atoms. The van der Waals surface area contributed by atoms with Crippen LogP contribution in [-0.2, 0) is 0 Å². The van der Waals surface area contributed by atoms with Gasteiger partial charge in [-0.15, -0.1) is 6.07 Å². The lowest BCUT2D eigenvalue weighted by molar-refractivity contribution is 1.35. The Bertz CT molecular complexity index is 295. The molecule has 3 heteroatoms. The summed E-state index contributed by atoms with van der Waals surface area (Å²) in [6.45, 7) is 14.5. The first-order valence-corrected chi connectivity index (χ1v) is 12.4. The number of hydrogen-bond donors (Lipinski definition) is 0. The van der Waals surface area contributed by atoms with Crippen molar-refractivity contribution in [1.82, 2.24) is 0 Å². The molecule has 1 rings (SSSR count). The Morgan fingerprint density at radius 1 is 0.933 bits per heavy atom. The van der Waals surface area contributed by atoms with Gasteiger partial charge in [0.1, 0.15) is 16.5 Å². The number of para-hydroxylation sites is 1. The van der Waals surface area contributed by atoms with Gasteiger partial charge in [-0.3, -0.25) is 0 Å². The number of hydrogen-bond acceptors (Lipinski definition) is 1. The van der Waals surface area contributed by atoms with Crippen molar-refractivity contribution in [3.05, 3.63) is 30.3 Å². The van der Waals surface area contributed by atoms with E-state index in [4.69, 9.17) is 0 Å². The number of anilines is 1. The van der Waals surface area contributed by atoms with Crippen LogP contribution in [0.15, 0.2) is 24.3 Å². The van der Waals surface area contributed by atoms with Crippen molar-refractivity contribution < 1.29 is 0 Å².